The van der Waals surface area contributed by atoms with Crippen LogP contribution in [0.15, 0.2) is 53.5 Å². The van der Waals surface area contributed by atoms with E-state index >= 15 is 0 Å². The van der Waals surface area contributed by atoms with Crippen molar-refractivity contribution in [1.29, 1.82) is 0 Å². The second kappa shape index (κ2) is 7.66. The maximum atomic E-state index is 12.7. The highest BCUT2D eigenvalue weighted by molar-refractivity contribution is 6.31. The van der Waals surface area contributed by atoms with Gasteiger partial charge in [-0.25, -0.2) is 4.98 Å². The van der Waals surface area contributed by atoms with Crippen LogP contribution in [-0.2, 0) is 0 Å². The summed E-state index contributed by atoms with van der Waals surface area (Å²) in [6.45, 7) is 0.462. The monoisotopic (exact) mass is 415 g/mol. The van der Waals surface area contributed by atoms with Crippen LogP contribution in [0, 0.1) is 0 Å². The maximum absolute atomic E-state index is 12.7. The number of hydrogen-bond donors (Lipinski definition) is 2. The third kappa shape index (κ3) is 3.74. The third-order valence-corrected chi connectivity index (χ3v) is 4.97. The smallest absolute Gasteiger partial charge is 0.264 e. The second-order valence-corrected chi connectivity index (χ2v) is 7.20. The molecule has 0 radical (unpaired) electrons. The molecule has 1 atom stereocenters. The van der Waals surface area contributed by atoms with Crippen LogP contribution in [0.25, 0.3) is 11.4 Å². The number of amides is 1. The van der Waals surface area contributed by atoms with Crippen LogP contribution in [0.3, 0.4) is 0 Å². The molecule has 6 nitrogen and oxygen atoms in total. The fourth-order valence-corrected chi connectivity index (χ4v) is 3.37. The first-order chi connectivity index (χ1) is 13.5. The highest BCUT2D eigenvalue weighted by atomic mass is 35.5. The van der Waals surface area contributed by atoms with Crippen LogP contribution in [0.1, 0.15) is 28.4 Å². The van der Waals surface area contributed by atoms with Crippen molar-refractivity contribution in [3.8, 4) is 17.1 Å². The fraction of sp³-hybridized carbons (Fsp3) is 0.150. The number of hydrogen-bond acceptors (Lipinski definition) is 4. The predicted molar refractivity (Wildman–Crippen MR) is 107 cm³/mol. The van der Waals surface area contributed by atoms with Crippen molar-refractivity contribution >= 4 is 29.1 Å². The lowest BCUT2D eigenvalue weighted by atomic mass is 10.0. The number of aromatic nitrogens is 2. The van der Waals surface area contributed by atoms with Crippen molar-refractivity contribution in [1.82, 2.24) is 15.3 Å². The average molecular weight is 416 g/mol. The summed E-state index contributed by atoms with van der Waals surface area (Å²) in [5.74, 6) is 0.529. The van der Waals surface area contributed by atoms with Crippen molar-refractivity contribution in [3.05, 3.63) is 80.2 Å². The van der Waals surface area contributed by atoms with Crippen LogP contribution >= 0.6 is 23.2 Å². The molecule has 2 N–H and O–H groups in total. The number of halogens is 2. The zero-order valence-electron chi connectivity index (χ0n) is 14.5. The quantitative estimate of drug-likeness (QED) is 0.676. The summed E-state index contributed by atoms with van der Waals surface area (Å²) in [5.41, 5.74) is 0.902. The Labute approximate surface area is 170 Å². The minimum atomic E-state index is -0.518. The summed E-state index contributed by atoms with van der Waals surface area (Å²) in [6.07, 6.45) is 1.85. The molecule has 4 rings (SSSR count). The molecule has 1 aliphatic rings. The van der Waals surface area contributed by atoms with Gasteiger partial charge in [0, 0.05) is 33.8 Å². The summed E-state index contributed by atoms with van der Waals surface area (Å²) < 4.78 is 5.59. The summed E-state index contributed by atoms with van der Waals surface area (Å²) in [5, 5.41) is 4.00. The lowest BCUT2D eigenvalue weighted by Gasteiger charge is -2.26. The molecule has 28 heavy (non-hydrogen) atoms. The Hall–Kier alpha value is -2.83. The van der Waals surface area contributed by atoms with Gasteiger partial charge in [-0.2, -0.15) is 0 Å². The number of nitrogens with zero attached hydrogens (tertiary/aromatic N) is 1. The molecular weight excluding hydrogens is 401 g/mol. The van der Waals surface area contributed by atoms with E-state index < -0.39 is 11.5 Å². The summed E-state index contributed by atoms with van der Waals surface area (Å²) in [4.78, 5) is 31.9. The number of carbonyl (C=O) groups excluding carboxylic acids is 1. The van der Waals surface area contributed by atoms with Gasteiger partial charge in [0.05, 0.1) is 12.6 Å². The Morgan fingerprint density at radius 3 is 2.64 bits per heavy atom. The van der Waals surface area contributed by atoms with E-state index in [0.29, 0.717) is 40.2 Å². The van der Waals surface area contributed by atoms with Crippen molar-refractivity contribution < 1.29 is 9.53 Å². The predicted octanol–water partition coefficient (Wildman–Crippen LogP) is 4.00. The van der Waals surface area contributed by atoms with Gasteiger partial charge in [0.15, 0.2) is 0 Å². The molecule has 142 valence electrons. The highest BCUT2D eigenvalue weighted by Crippen LogP contribution is 2.34. The van der Waals surface area contributed by atoms with E-state index in [1.165, 1.54) is 6.20 Å². The third-order valence-electron chi connectivity index (χ3n) is 4.48. The average Bonchev–Trinajstić information content (AvgIpc) is 2.69. The zero-order valence-corrected chi connectivity index (χ0v) is 16.1. The zero-order chi connectivity index (χ0) is 19.7. The van der Waals surface area contributed by atoms with Gasteiger partial charge in [-0.3, -0.25) is 9.59 Å². The number of rotatable bonds is 3. The van der Waals surface area contributed by atoms with Gasteiger partial charge in [0.2, 0.25) is 0 Å². The molecule has 0 saturated carbocycles. The number of benzene rings is 2. The van der Waals surface area contributed by atoms with Crippen molar-refractivity contribution in [2.24, 2.45) is 0 Å². The Morgan fingerprint density at radius 2 is 1.89 bits per heavy atom. The van der Waals surface area contributed by atoms with Gasteiger partial charge in [-0.1, -0.05) is 23.2 Å². The van der Waals surface area contributed by atoms with Crippen LogP contribution in [0.5, 0.6) is 5.75 Å². The standard InChI is InChI=1S/C20H15Cl2N3O3/c21-12-3-1-11(2-4-12)18-23-10-15(20(27)25-18)19(26)24-16-7-8-28-17-6-5-13(22)9-14(16)17/h1-6,9-10,16H,7-8H2,(H,24,26)(H,23,25,27). The highest BCUT2D eigenvalue weighted by Gasteiger charge is 2.25. The number of aromatic amines is 1. The van der Waals surface area contributed by atoms with E-state index in [2.05, 4.69) is 15.3 Å². The van der Waals surface area contributed by atoms with Crippen LogP contribution in [0.2, 0.25) is 10.0 Å². The Balaban J connectivity index is 1.57. The molecule has 0 bridgehead atoms. The molecule has 1 aromatic heterocycles. The van der Waals surface area contributed by atoms with Crippen LogP contribution in [0.4, 0.5) is 0 Å². The first kappa shape index (κ1) is 18.5. The molecule has 8 heteroatoms. The normalized spacial score (nSPS) is 15.4. The maximum Gasteiger partial charge on any atom is 0.264 e. The van der Waals surface area contributed by atoms with Gasteiger partial charge >= 0.3 is 0 Å². The molecule has 3 aromatic rings. The largest absolute Gasteiger partial charge is 0.493 e. The molecule has 1 aliphatic heterocycles. The van der Waals surface area contributed by atoms with Crippen LogP contribution in [-0.4, -0.2) is 22.5 Å². The summed E-state index contributed by atoms with van der Waals surface area (Å²) in [6, 6.07) is 11.8. The molecule has 0 saturated heterocycles. The minimum Gasteiger partial charge on any atom is -0.493 e. The topological polar surface area (TPSA) is 84.1 Å². The summed E-state index contributed by atoms with van der Waals surface area (Å²) in [7, 11) is 0. The Morgan fingerprint density at radius 1 is 1.14 bits per heavy atom. The lowest BCUT2D eigenvalue weighted by Crippen LogP contribution is -2.35. The SMILES string of the molecule is O=C(NC1CCOc2ccc(Cl)cc21)c1cnc(-c2ccc(Cl)cc2)[nH]c1=O. The fourth-order valence-electron chi connectivity index (χ4n) is 3.06. The van der Waals surface area contributed by atoms with Gasteiger partial charge in [0.25, 0.3) is 11.5 Å². The van der Waals surface area contributed by atoms with Crippen LogP contribution < -0.4 is 15.6 Å². The molecule has 0 spiro atoms. The minimum absolute atomic E-state index is 0.0622. The van der Waals surface area contributed by atoms with E-state index in [9.17, 15) is 9.59 Å². The van der Waals surface area contributed by atoms with E-state index in [0.717, 1.165) is 5.56 Å². The Bertz CT molecular complexity index is 1100. The number of ether oxygens (including phenoxy) is 1. The number of H-pyrrole nitrogens is 1. The second-order valence-electron chi connectivity index (χ2n) is 6.33. The summed E-state index contributed by atoms with van der Waals surface area (Å²) >= 11 is 11.9. The Kier molecular flexibility index (Phi) is 5.07. The number of nitrogens with one attached hydrogen (secondary N) is 2. The van der Waals surface area contributed by atoms with E-state index in [1.54, 1.807) is 42.5 Å². The molecule has 2 heterocycles. The lowest BCUT2D eigenvalue weighted by molar-refractivity contribution is 0.0923. The van der Waals surface area contributed by atoms with Crippen molar-refractivity contribution in [2.45, 2.75) is 12.5 Å². The van der Waals surface area contributed by atoms with Crippen molar-refractivity contribution in [2.75, 3.05) is 6.61 Å². The van der Waals surface area contributed by atoms with Crippen molar-refractivity contribution in [3.63, 3.8) is 0 Å². The van der Waals surface area contributed by atoms with E-state index in [-0.39, 0.29) is 11.6 Å². The first-order valence-electron chi connectivity index (χ1n) is 8.59. The number of fused-ring (bicyclic) bond motifs is 1. The molecular formula is C20H15Cl2N3O3. The molecule has 0 fully saturated rings. The molecule has 0 aliphatic carbocycles. The molecule has 2 aromatic carbocycles. The van der Waals surface area contributed by atoms with Gasteiger partial charge in [-0.15, -0.1) is 0 Å². The van der Waals surface area contributed by atoms with E-state index in [4.69, 9.17) is 27.9 Å². The number of carbonyl (C=O) groups is 1. The molecule has 1 amide bonds. The molecule has 1 unspecified atom stereocenters. The van der Waals surface area contributed by atoms with Gasteiger partial charge < -0.3 is 15.0 Å². The van der Waals surface area contributed by atoms with Gasteiger partial charge in [0.1, 0.15) is 17.1 Å². The van der Waals surface area contributed by atoms with E-state index in [1.807, 2.05) is 0 Å². The van der Waals surface area contributed by atoms with Gasteiger partial charge in [-0.05, 0) is 42.5 Å². The first-order valence-corrected chi connectivity index (χ1v) is 9.35.